The van der Waals surface area contributed by atoms with E-state index in [0.717, 1.165) is 5.56 Å². The number of hydrogen-bond acceptors (Lipinski definition) is 4. The van der Waals surface area contributed by atoms with E-state index in [4.69, 9.17) is 4.74 Å². The molecule has 25 heavy (non-hydrogen) atoms. The van der Waals surface area contributed by atoms with Crippen molar-refractivity contribution in [2.75, 3.05) is 7.11 Å². The van der Waals surface area contributed by atoms with Crippen LogP contribution in [-0.2, 0) is 25.1 Å². The van der Waals surface area contributed by atoms with Crippen LogP contribution in [0.4, 0.5) is 0 Å². The molecule has 130 valence electrons. The average Bonchev–Trinajstić information content (AvgIpc) is 3.18. The number of hydrogen-bond donors (Lipinski definition) is 0. The summed E-state index contributed by atoms with van der Waals surface area (Å²) in [5, 5.41) is 0. The molecule has 1 fully saturated rings. The minimum absolute atomic E-state index is 0.0175. The average molecular weight is 356 g/mol. The van der Waals surface area contributed by atoms with E-state index in [2.05, 4.69) is 0 Å². The maximum absolute atomic E-state index is 13.7. The van der Waals surface area contributed by atoms with Crippen LogP contribution in [0.25, 0.3) is 0 Å². The van der Waals surface area contributed by atoms with Gasteiger partial charge in [0.15, 0.2) is 11.5 Å². The van der Waals surface area contributed by atoms with Crippen molar-refractivity contribution in [2.45, 2.75) is 29.9 Å². The number of methoxy groups -OCH3 is 1. The van der Waals surface area contributed by atoms with Gasteiger partial charge in [-0.2, -0.15) is 0 Å². The van der Waals surface area contributed by atoms with E-state index in [1.54, 1.807) is 19.1 Å². The van der Waals surface area contributed by atoms with Crippen molar-refractivity contribution in [2.24, 2.45) is 17.3 Å². The molecule has 5 atom stereocenters. The van der Waals surface area contributed by atoms with Crippen LogP contribution in [0.3, 0.4) is 0 Å². The van der Waals surface area contributed by atoms with Crippen LogP contribution >= 0.6 is 0 Å². The van der Waals surface area contributed by atoms with Gasteiger partial charge in [-0.25, -0.2) is 0 Å². The van der Waals surface area contributed by atoms with Gasteiger partial charge >= 0.3 is 0 Å². The van der Waals surface area contributed by atoms with Crippen LogP contribution in [0.1, 0.15) is 18.9 Å². The number of fused-ring (bicyclic) bond motifs is 5. The van der Waals surface area contributed by atoms with Crippen LogP contribution in [0.15, 0.2) is 53.1 Å². The molecule has 0 N–H and O–H groups in total. The van der Waals surface area contributed by atoms with Gasteiger partial charge in [0, 0.05) is 16.9 Å². The van der Waals surface area contributed by atoms with Crippen LogP contribution in [0.2, 0.25) is 0 Å². The molecule has 1 aromatic carbocycles. The highest BCUT2D eigenvalue weighted by atomic mass is 32.2. The van der Waals surface area contributed by atoms with Crippen molar-refractivity contribution in [1.29, 1.82) is 0 Å². The first-order valence-corrected chi connectivity index (χ1v) is 9.54. The number of allylic oxidation sites excluding steroid dienone is 4. The first kappa shape index (κ1) is 16.5. The molecule has 5 heteroatoms. The molecule has 1 saturated carbocycles. The normalized spacial score (nSPS) is 37.0. The Morgan fingerprint density at radius 3 is 2.40 bits per heavy atom. The van der Waals surface area contributed by atoms with Crippen molar-refractivity contribution in [3.63, 3.8) is 0 Å². The van der Waals surface area contributed by atoms with Gasteiger partial charge in [-0.15, -0.1) is 0 Å². The standard InChI is InChI=1S/C20H20O4S/c1-12-4-8-15(9-5-12)25(23)20-14-7-6-13(10-14)19(20,2)17(21)11-16(24-3)18(20)22/h4-9,11,13-14H,10H2,1-3H3/t13-,14+,19+,20+,25-/m0/s1. The van der Waals surface area contributed by atoms with E-state index in [-0.39, 0.29) is 29.2 Å². The number of carbonyl (C=O) groups excluding carboxylic acids is 2. The van der Waals surface area contributed by atoms with Crippen molar-refractivity contribution in [3.05, 3.63) is 53.8 Å². The molecule has 4 rings (SSSR count). The quantitative estimate of drug-likeness (QED) is 0.782. The number of ether oxygens (including phenoxy) is 1. The van der Waals surface area contributed by atoms with Gasteiger partial charge in [-0.05, 0) is 38.3 Å². The van der Waals surface area contributed by atoms with Crippen molar-refractivity contribution in [3.8, 4) is 0 Å². The van der Waals surface area contributed by atoms with Crippen molar-refractivity contribution >= 4 is 22.4 Å². The number of carbonyl (C=O) groups is 2. The molecular formula is C20H20O4S. The highest BCUT2D eigenvalue weighted by Gasteiger charge is 2.75. The van der Waals surface area contributed by atoms with E-state index >= 15 is 0 Å². The Hall–Kier alpha value is -2.01. The first-order chi connectivity index (χ1) is 11.9. The topological polar surface area (TPSA) is 60.4 Å². The summed E-state index contributed by atoms with van der Waals surface area (Å²) in [6.45, 7) is 3.76. The number of Topliss-reactive ketones (excluding diaryl/α,β-unsaturated/α-hetero) is 1. The zero-order chi connectivity index (χ0) is 18.0. The maximum Gasteiger partial charge on any atom is 0.218 e. The van der Waals surface area contributed by atoms with Crippen molar-refractivity contribution < 1.29 is 18.5 Å². The third-order valence-electron chi connectivity index (χ3n) is 6.20. The molecule has 0 aliphatic heterocycles. The second kappa shape index (κ2) is 5.24. The Labute approximate surface area is 149 Å². The van der Waals surface area contributed by atoms with E-state index in [1.807, 2.05) is 31.2 Å². The molecule has 0 heterocycles. The lowest BCUT2D eigenvalue weighted by Crippen LogP contribution is -2.64. The van der Waals surface area contributed by atoms with Crippen LogP contribution in [0, 0.1) is 24.2 Å². The Kier molecular flexibility index (Phi) is 3.45. The van der Waals surface area contributed by atoms with E-state index in [0.29, 0.717) is 11.3 Å². The summed E-state index contributed by atoms with van der Waals surface area (Å²) in [5.74, 6) is -0.754. The van der Waals surface area contributed by atoms with Gasteiger partial charge in [0.2, 0.25) is 5.78 Å². The fraction of sp³-hybridized carbons (Fsp3) is 0.400. The van der Waals surface area contributed by atoms with Gasteiger partial charge < -0.3 is 4.74 Å². The minimum atomic E-state index is -1.66. The molecule has 0 aromatic heterocycles. The summed E-state index contributed by atoms with van der Waals surface area (Å²) in [4.78, 5) is 27.0. The molecule has 0 saturated heterocycles. The molecule has 2 bridgehead atoms. The Bertz CT molecular complexity index is 866. The van der Waals surface area contributed by atoms with E-state index < -0.39 is 21.0 Å². The zero-order valence-electron chi connectivity index (χ0n) is 14.4. The minimum Gasteiger partial charge on any atom is -0.493 e. The number of aryl methyl sites for hydroxylation is 1. The predicted molar refractivity (Wildman–Crippen MR) is 94.3 cm³/mol. The summed E-state index contributed by atoms with van der Waals surface area (Å²) >= 11 is 0. The lowest BCUT2D eigenvalue weighted by Gasteiger charge is -2.48. The van der Waals surface area contributed by atoms with Gasteiger partial charge in [0.25, 0.3) is 0 Å². The van der Waals surface area contributed by atoms with Crippen LogP contribution in [0.5, 0.6) is 0 Å². The largest absolute Gasteiger partial charge is 0.493 e. The fourth-order valence-electron chi connectivity index (χ4n) is 4.79. The van der Waals surface area contributed by atoms with E-state index in [1.165, 1.54) is 13.2 Å². The molecule has 3 aliphatic carbocycles. The van der Waals surface area contributed by atoms with Crippen LogP contribution < -0.4 is 0 Å². The molecule has 0 amide bonds. The Morgan fingerprint density at radius 1 is 1.12 bits per heavy atom. The predicted octanol–water partition coefficient (Wildman–Crippen LogP) is 2.74. The lowest BCUT2D eigenvalue weighted by molar-refractivity contribution is -0.136. The summed E-state index contributed by atoms with van der Waals surface area (Å²) < 4.78 is 17.7. The summed E-state index contributed by atoms with van der Waals surface area (Å²) in [5.41, 5.74) is 0.0544. The second-order valence-electron chi connectivity index (χ2n) is 7.26. The molecular weight excluding hydrogens is 336 g/mol. The molecule has 0 spiro atoms. The second-order valence-corrected chi connectivity index (χ2v) is 8.91. The molecule has 1 aromatic rings. The summed E-state index contributed by atoms with van der Waals surface area (Å²) in [6, 6.07) is 7.34. The maximum atomic E-state index is 13.7. The molecule has 3 aliphatic rings. The SMILES string of the molecule is COC1=CC(=O)[C@@]2(C)[C@H]3C=C[C@H](C3)[C@@]2([S@@](=O)c2ccc(C)cc2)C1=O. The van der Waals surface area contributed by atoms with Gasteiger partial charge in [0.1, 0.15) is 4.75 Å². The summed E-state index contributed by atoms with van der Waals surface area (Å²) in [6.07, 6.45) is 5.94. The molecule has 4 nitrogen and oxygen atoms in total. The molecule has 0 unspecified atom stereocenters. The Morgan fingerprint density at radius 2 is 1.76 bits per heavy atom. The lowest BCUT2D eigenvalue weighted by atomic mass is 9.62. The summed E-state index contributed by atoms with van der Waals surface area (Å²) in [7, 11) is -0.279. The van der Waals surface area contributed by atoms with Gasteiger partial charge in [-0.3, -0.25) is 13.8 Å². The highest BCUT2D eigenvalue weighted by molar-refractivity contribution is 7.87. The van der Waals surface area contributed by atoms with Gasteiger partial charge in [-0.1, -0.05) is 29.8 Å². The highest BCUT2D eigenvalue weighted by Crippen LogP contribution is 2.64. The molecule has 0 radical (unpaired) electrons. The number of ketones is 2. The smallest absolute Gasteiger partial charge is 0.218 e. The number of rotatable bonds is 3. The third-order valence-corrected chi connectivity index (χ3v) is 8.40. The van der Waals surface area contributed by atoms with E-state index in [9.17, 15) is 13.8 Å². The zero-order valence-corrected chi connectivity index (χ0v) is 15.3. The monoisotopic (exact) mass is 356 g/mol. The fourth-order valence-corrected chi connectivity index (χ4v) is 6.90. The third kappa shape index (κ3) is 1.79. The van der Waals surface area contributed by atoms with Crippen LogP contribution in [-0.4, -0.2) is 27.6 Å². The van der Waals surface area contributed by atoms with Crippen molar-refractivity contribution in [1.82, 2.24) is 0 Å². The first-order valence-electron chi connectivity index (χ1n) is 8.39. The van der Waals surface area contributed by atoms with Gasteiger partial charge in [0.05, 0.1) is 23.3 Å². The number of benzene rings is 1. The Balaban J connectivity index is 1.97.